The summed E-state index contributed by atoms with van der Waals surface area (Å²) >= 11 is 0. The average molecular weight is 340 g/mol. The Morgan fingerprint density at radius 2 is 1.92 bits per heavy atom. The molecule has 1 aliphatic carbocycles. The molecule has 130 valence electrons. The predicted molar refractivity (Wildman–Crippen MR) is 88.9 cm³/mol. The first kappa shape index (κ1) is 15.7. The topological polar surface area (TPSA) is 93.0 Å². The summed E-state index contributed by atoms with van der Waals surface area (Å²) in [4.78, 5) is 26.8. The molecule has 2 amide bonds. The van der Waals surface area contributed by atoms with Gasteiger partial charge in [-0.25, -0.2) is 4.68 Å². The number of aromatic nitrogens is 4. The highest BCUT2D eigenvalue weighted by Gasteiger charge is 2.32. The van der Waals surface area contributed by atoms with Gasteiger partial charge in [0.25, 0.3) is 5.91 Å². The molecule has 1 aromatic carbocycles. The maximum absolute atomic E-state index is 12.7. The molecule has 2 aromatic rings. The van der Waals surface area contributed by atoms with Gasteiger partial charge in [-0.15, -0.1) is 5.10 Å². The maximum Gasteiger partial charge on any atom is 0.253 e. The number of hydrogen-bond acceptors (Lipinski definition) is 5. The number of carbonyl (C=O) groups excluding carboxylic acids is 2. The number of nitrogens with one attached hydrogen (secondary N) is 1. The number of tetrazole rings is 1. The summed E-state index contributed by atoms with van der Waals surface area (Å²) in [7, 11) is 0. The minimum absolute atomic E-state index is 0.0350. The minimum atomic E-state index is -0.0983. The third-order valence-corrected chi connectivity index (χ3v) is 4.73. The fourth-order valence-corrected chi connectivity index (χ4v) is 3.14. The molecule has 1 aliphatic heterocycles. The first-order valence-electron chi connectivity index (χ1n) is 8.64. The molecule has 2 fully saturated rings. The number of amides is 2. The monoisotopic (exact) mass is 340 g/mol. The Labute approximate surface area is 145 Å². The molecule has 0 spiro atoms. The highest BCUT2D eigenvalue weighted by molar-refractivity contribution is 5.95. The first-order valence-corrected chi connectivity index (χ1v) is 8.64. The zero-order chi connectivity index (χ0) is 17.2. The van der Waals surface area contributed by atoms with Crippen molar-refractivity contribution in [1.82, 2.24) is 30.4 Å². The van der Waals surface area contributed by atoms with E-state index in [1.54, 1.807) is 17.0 Å². The molecular formula is C17H20N6O2. The lowest BCUT2D eigenvalue weighted by Crippen LogP contribution is -2.45. The number of rotatable bonds is 4. The Balaban J connectivity index is 1.41. The second-order valence-corrected chi connectivity index (χ2v) is 6.67. The number of nitrogens with zero attached hydrogens (tertiary/aromatic N) is 5. The summed E-state index contributed by atoms with van der Waals surface area (Å²) in [5.74, 6) is -0.0417. The number of carbonyl (C=O) groups is 2. The van der Waals surface area contributed by atoms with Crippen molar-refractivity contribution < 1.29 is 9.59 Å². The molecule has 8 heteroatoms. The van der Waals surface area contributed by atoms with Gasteiger partial charge in [-0.1, -0.05) is 0 Å². The smallest absolute Gasteiger partial charge is 0.253 e. The third kappa shape index (κ3) is 3.52. The van der Waals surface area contributed by atoms with Gasteiger partial charge < -0.3 is 10.2 Å². The molecule has 8 nitrogen and oxygen atoms in total. The largest absolute Gasteiger partial charge is 0.353 e. The summed E-state index contributed by atoms with van der Waals surface area (Å²) in [6, 6.07) is 7.52. The van der Waals surface area contributed by atoms with Gasteiger partial charge in [0.2, 0.25) is 5.91 Å². The third-order valence-electron chi connectivity index (χ3n) is 4.73. The lowest BCUT2D eigenvalue weighted by molar-refractivity contribution is -0.126. The molecular weight excluding hydrogens is 320 g/mol. The second kappa shape index (κ2) is 6.62. The van der Waals surface area contributed by atoms with Crippen molar-refractivity contribution in [3.05, 3.63) is 36.2 Å². The normalized spacial score (nSPS) is 20.3. The summed E-state index contributed by atoms with van der Waals surface area (Å²) in [5, 5.41) is 14.1. The zero-order valence-corrected chi connectivity index (χ0v) is 13.8. The van der Waals surface area contributed by atoms with E-state index in [0.717, 1.165) is 31.4 Å². The molecule has 25 heavy (non-hydrogen) atoms. The Kier molecular flexibility index (Phi) is 4.17. The molecule has 0 bridgehead atoms. The highest BCUT2D eigenvalue weighted by atomic mass is 16.2. The van der Waals surface area contributed by atoms with E-state index in [9.17, 15) is 9.59 Å². The number of piperidine rings is 1. The fourth-order valence-electron chi connectivity index (χ4n) is 3.14. The van der Waals surface area contributed by atoms with Crippen LogP contribution in [0.2, 0.25) is 0 Å². The molecule has 1 aromatic heterocycles. The van der Waals surface area contributed by atoms with Gasteiger partial charge in [0.05, 0.1) is 11.6 Å². The van der Waals surface area contributed by atoms with Gasteiger partial charge in [-0.2, -0.15) is 0 Å². The standard InChI is InChI=1S/C17H20N6O2/c24-16(19-14-5-6-14)13-2-1-9-22(10-13)17(25)12-3-7-15(8-4-12)23-11-18-20-21-23/h3-4,7-8,11,13-14H,1-2,5-6,9-10H2,(H,19,24)/t13-/m1/s1. The highest BCUT2D eigenvalue weighted by Crippen LogP contribution is 2.23. The minimum Gasteiger partial charge on any atom is -0.353 e. The Hall–Kier alpha value is -2.77. The van der Waals surface area contributed by atoms with Gasteiger partial charge in [0.15, 0.2) is 0 Å². The van der Waals surface area contributed by atoms with E-state index in [-0.39, 0.29) is 17.7 Å². The molecule has 1 saturated carbocycles. The molecule has 0 radical (unpaired) electrons. The van der Waals surface area contributed by atoms with Crippen LogP contribution in [0.3, 0.4) is 0 Å². The van der Waals surface area contributed by atoms with Crippen LogP contribution in [-0.4, -0.2) is 56.1 Å². The number of likely N-dealkylation sites (tertiary alicyclic amines) is 1. The van der Waals surface area contributed by atoms with Crippen LogP contribution in [0.4, 0.5) is 0 Å². The van der Waals surface area contributed by atoms with Crippen molar-refractivity contribution in [3.8, 4) is 5.69 Å². The van der Waals surface area contributed by atoms with Crippen molar-refractivity contribution in [2.75, 3.05) is 13.1 Å². The van der Waals surface area contributed by atoms with E-state index in [4.69, 9.17) is 0 Å². The van der Waals surface area contributed by atoms with Gasteiger partial charge in [0, 0.05) is 24.7 Å². The van der Waals surface area contributed by atoms with Crippen LogP contribution >= 0.6 is 0 Å². The average Bonchev–Trinajstić information content (AvgIpc) is 3.30. The van der Waals surface area contributed by atoms with Crippen molar-refractivity contribution in [3.63, 3.8) is 0 Å². The van der Waals surface area contributed by atoms with Crippen LogP contribution in [0.25, 0.3) is 5.69 Å². The van der Waals surface area contributed by atoms with Crippen molar-refractivity contribution in [2.45, 2.75) is 31.7 Å². The van der Waals surface area contributed by atoms with Crippen LogP contribution in [0.15, 0.2) is 30.6 Å². The SMILES string of the molecule is O=C(NC1CC1)[C@@H]1CCCN(C(=O)c2ccc(-n3cnnn3)cc2)C1. The summed E-state index contributed by atoms with van der Waals surface area (Å²) in [6.45, 7) is 1.19. The van der Waals surface area contributed by atoms with Gasteiger partial charge in [-0.05, 0) is 60.4 Å². The Morgan fingerprint density at radius 3 is 2.60 bits per heavy atom. The summed E-state index contributed by atoms with van der Waals surface area (Å²) in [6.07, 6.45) is 5.37. The lowest BCUT2D eigenvalue weighted by atomic mass is 9.96. The first-order chi connectivity index (χ1) is 12.2. The van der Waals surface area contributed by atoms with Crippen molar-refractivity contribution >= 4 is 11.8 Å². The lowest BCUT2D eigenvalue weighted by Gasteiger charge is -2.32. The van der Waals surface area contributed by atoms with E-state index in [1.807, 2.05) is 12.1 Å². The van der Waals surface area contributed by atoms with E-state index in [0.29, 0.717) is 24.7 Å². The van der Waals surface area contributed by atoms with Crippen molar-refractivity contribution in [2.24, 2.45) is 5.92 Å². The molecule has 4 rings (SSSR count). The van der Waals surface area contributed by atoms with E-state index >= 15 is 0 Å². The molecule has 1 saturated heterocycles. The van der Waals surface area contributed by atoms with E-state index in [1.165, 1.54) is 11.0 Å². The predicted octanol–water partition coefficient (Wildman–Crippen LogP) is 0.793. The van der Waals surface area contributed by atoms with Crippen LogP contribution in [-0.2, 0) is 4.79 Å². The van der Waals surface area contributed by atoms with Crippen molar-refractivity contribution in [1.29, 1.82) is 0 Å². The van der Waals surface area contributed by atoms with Gasteiger partial charge in [-0.3, -0.25) is 9.59 Å². The van der Waals surface area contributed by atoms with E-state index in [2.05, 4.69) is 20.8 Å². The number of hydrogen-bond donors (Lipinski definition) is 1. The quantitative estimate of drug-likeness (QED) is 0.888. The van der Waals surface area contributed by atoms with Crippen LogP contribution in [0, 0.1) is 5.92 Å². The molecule has 2 heterocycles. The Bertz CT molecular complexity index is 754. The summed E-state index contributed by atoms with van der Waals surface area (Å²) < 4.78 is 1.54. The Morgan fingerprint density at radius 1 is 1.12 bits per heavy atom. The second-order valence-electron chi connectivity index (χ2n) is 6.67. The molecule has 1 N–H and O–H groups in total. The van der Waals surface area contributed by atoms with Crippen LogP contribution < -0.4 is 5.32 Å². The number of benzene rings is 1. The van der Waals surface area contributed by atoms with E-state index < -0.39 is 0 Å². The maximum atomic E-state index is 12.7. The fraction of sp³-hybridized carbons (Fsp3) is 0.471. The summed E-state index contributed by atoms with van der Waals surface area (Å²) in [5.41, 5.74) is 1.40. The molecule has 1 atom stereocenters. The molecule has 2 aliphatic rings. The van der Waals surface area contributed by atoms with Gasteiger partial charge in [0.1, 0.15) is 6.33 Å². The van der Waals surface area contributed by atoms with Gasteiger partial charge >= 0.3 is 0 Å². The molecule has 0 unspecified atom stereocenters. The van der Waals surface area contributed by atoms with Crippen LogP contribution in [0.1, 0.15) is 36.0 Å². The zero-order valence-electron chi connectivity index (χ0n) is 13.8. The van der Waals surface area contributed by atoms with Crippen LogP contribution in [0.5, 0.6) is 0 Å².